The number of fused-ring (bicyclic) bond motifs is 2. The van der Waals surface area contributed by atoms with Gasteiger partial charge in [0.2, 0.25) is 0 Å². The average Bonchev–Trinajstić information content (AvgIpc) is 3.37. The van der Waals surface area contributed by atoms with E-state index in [4.69, 9.17) is 0 Å². The lowest BCUT2D eigenvalue weighted by molar-refractivity contribution is -0.137. The summed E-state index contributed by atoms with van der Waals surface area (Å²) in [5.74, 6) is -0.0696. The second-order valence-electron chi connectivity index (χ2n) is 7.59. The molecular weight excluding hydrogens is 487 g/mol. The number of aromatic nitrogens is 7. The fraction of sp³-hybridized carbons (Fsp3) is 0.190. The molecular formula is C21H16F3N7O3S. The molecule has 0 saturated carbocycles. The Morgan fingerprint density at radius 2 is 1.86 bits per heavy atom. The molecule has 0 aliphatic rings. The van der Waals surface area contributed by atoms with Gasteiger partial charge in [-0.3, -0.25) is 9.36 Å². The molecule has 0 aromatic carbocycles. The van der Waals surface area contributed by atoms with E-state index in [9.17, 15) is 26.4 Å². The van der Waals surface area contributed by atoms with Crippen LogP contribution >= 0.6 is 0 Å². The predicted octanol–water partition coefficient (Wildman–Crippen LogP) is 2.64. The van der Waals surface area contributed by atoms with E-state index in [1.165, 1.54) is 52.1 Å². The number of alkyl halides is 3. The Morgan fingerprint density at radius 3 is 2.54 bits per heavy atom. The number of pyridine rings is 2. The molecule has 5 heterocycles. The van der Waals surface area contributed by atoms with Gasteiger partial charge < -0.3 is 4.57 Å². The average molecular weight is 503 g/mol. The third-order valence-electron chi connectivity index (χ3n) is 5.47. The molecule has 10 nitrogen and oxygen atoms in total. The third-order valence-corrected chi connectivity index (χ3v) is 7.11. The van der Waals surface area contributed by atoms with Gasteiger partial charge in [0.05, 0.1) is 11.3 Å². The van der Waals surface area contributed by atoms with Gasteiger partial charge in [-0.2, -0.15) is 22.8 Å². The molecule has 0 saturated heterocycles. The maximum atomic E-state index is 13.2. The molecule has 0 aliphatic heterocycles. The zero-order valence-corrected chi connectivity index (χ0v) is 19.0. The molecule has 0 fully saturated rings. The first-order chi connectivity index (χ1) is 16.5. The van der Waals surface area contributed by atoms with Crippen molar-refractivity contribution < 1.29 is 21.6 Å². The summed E-state index contributed by atoms with van der Waals surface area (Å²) in [6, 6.07) is 6.83. The van der Waals surface area contributed by atoms with Crippen molar-refractivity contribution >= 4 is 26.6 Å². The first-order valence-corrected chi connectivity index (χ1v) is 11.9. The summed E-state index contributed by atoms with van der Waals surface area (Å²) in [6.45, 7) is 1.44. The van der Waals surface area contributed by atoms with Crippen molar-refractivity contribution in [3.63, 3.8) is 0 Å². The van der Waals surface area contributed by atoms with Gasteiger partial charge in [0.1, 0.15) is 22.7 Å². The molecule has 0 bridgehead atoms. The van der Waals surface area contributed by atoms with Crippen LogP contribution in [0, 0.1) is 0 Å². The van der Waals surface area contributed by atoms with Gasteiger partial charge in [0.15, 0.2) is 26.2 Å². The van der Waals surface area contributed by atoms with E-state index in [-0.39, 0.29) is 50.4 Å². The molecule has 0 aliphatic carbocycles. The Morgan fingerprint density at radius 1 is 1.09 bits per heavy atom. The monoisotopic (exact) mass is 503 g/mol. The Balaban J connectivity index is 1.87. The van der Waals surface area contributed by atoms with Crippen molar-refractivity contribution in [3.8, 4) is 17.2 Å². The van der Waals surface area contributed by atoms with Crippen molar-refractivity contribution in [2.45, 2.75) is 18.1 Å². The summed E-state index contributed by atoms with van der Waals surface area (Å²) in [4.78, 5) is 24.9. The van der Waals surface area contributed by atoms with Crippen LogP contribution in [-0.4, -0.2) is 47.9 Å². The normalized spacial score (nSPS) is 12.6. The topological polar surface area (TPSA) is 117 Å². The van der Waals surface area contributed by atoms with Crippen LogP contribution in [0.5, 0.6) is 0 Å². The van der Waals surface area contributed by atoms with E-state index in [1.54, 1.807) is 12.1 Å². The van der Waals surface area contributed by atoms with Crippen LogP contribution in [0.1, 0.15) is 12.5 Å². The van der Waals surface area contributed by atoms with Crippen molar-refractivity contribution in [2.75, 3.05) is 5.75 Å². The van der Waals surface area contributed by atoms with E-state index in [0.29, 0.717) is 6.20 Å². The molecule has 35 heavy (non-hydrogen) atoms. The molecule has 0 unspecified atom stereocenters. The minimum absolute atomic E-state index is 0.00765. The van der Waals surface area contributed by atoms with Gasteiger partial charge in [-0.05, 0) is 18.2 Å². The second kappa shape index (κ2) is 7.73. The number of aryl methyl sites for hydroxylation is 1. The lowest BCUT2D eigenvalue weighted by Crippen LogP contribution is -2.19. The smallest absolute Gasteiger partial charge is 0.312 e. The largest absolute Gasteiger partial charge is 0.417 e. The highest BCUT2D eigenvalue weighted by atomic mass is 32.2. The van der Waals surface area contributed by atoms with Gasteiger partial charge >= 0.3 is 6.18 Å². The first kappa shape index (κ1) is 22.7. The Bertz CT molecular complexity index is 1790. The first-order valence-electron chi connectivity index (χ1n) is 10.2. The Labute approximate surface area is 195 Å². The second-order valence-corrected chi connectivity index (χ2v) is 9.78. The Hall–Kier alpha value is -4.07. The van der Waals surface area contributed by atoms with Crippen LogP contribution in [0.3, 0.4) is 0 Å². The van der Waals surface area contributed by atoms with Gasteiger partial charge in [0.25, 0.3) is 5.56 Å². The number of imidazole rings is 1. The number of halogens is 3. The molecule has 5 rings (SSSR count). The van der Waals surface area contributed by atoms with Crippen LogP contribution in [0.4, 0.5) is 13.2 Å². The molecule has 5 aromatic rings. The highest BCUT2D eigenvalue weighted by Crippen LogP contribution is 2.35. The number of rotatable bonds is 4. The maximum Gasteiger partial charge on any atom is 0.417 e. The van der Waals surface area contributed by atoms with Crippen LogP contribution in [-0.2, 0) is 23.1 Å². The molecule has 0 radical (unpaired) electrons. The molecule has 14 heteroatoms. The SMILES string of the molecule is CCS(=O)(=O)c1nn2c(-n3ccccc3=O)ccnc2c1-c1nc2cc(C(F)(F)F)cnc2n1C. The lowest BCUT2D eigenvalue weighted by atomic mass is 10.2. The van der Waals surface area contributed by atoms with Gasteiger partial charge in [-0.15, -0.1) is 0 Å². The van der Waals surface area contributed by atoms with Gasteiger partial charge in [-0.1, -0.05) is 13.0 Å². The van der Waals surface area contributed by atoms with Crippen LogP contribution in [0.2, 0.25) is 0 Å². The van der Waals surface area contributed by atoms with Crippen LogP contribution in [0.25, 0.3) is 34.0 Å². The van der Waals surface area contributed by atoms with E-state index in [0.717, 1.165) is 6.07 Å². The summed E-state index contributed by atoms with van der Waals surface area (Å²) < 4.78 is 69.5. The molecule has 0 amide bonds. The number of nitrogens with zero attached hydrogens (tertiary/aromatic N) is 7. The van der Waals surface area contributed by atoms with E-state index in [2.05, 4.69) is 20.1 Å². The zero-order chi connectivity index (χ0) is 25.1. The van der Waals surface area contributed by atoms with Crippen molar-refractivity contribution in [2.24, 2.45) is 7.05 Å². The summed E-state index contributed by atoms with van der Waals surface area (Å²) >= 11 is 0. The predicted molar refractivity (Wildman–Crippen MR) is 119 cm³/mol. The van der Waals surface area contributed by atoms with E-state index < -0.39 is 21.6 Å². The van der Waals surface area contributed by atoms with Crippen LogP contribution in [0.15, 0.2) is 58.7 Å². The summed E-state index contributed by atoms with van der Waals surface area (Å²) in [5.41, 5.74) is -1.29. The Kier molecular flexibility index (Phi) is 5.01. The minimum Gasteiger partial charge on any atom is -0.312 e. The van der Waals surface area contributed by atoms with Crippen molar-refractivity contribution in [3.05, 3.63) is 64.8 Å². The highest BCUT2D eigenvalue weighted by molar-refractivity contribution is 7.91. The highest BCUT2D eigenvalue weighted by Gasteiger charge is 2.33. The van der Waals surface area contributed by atoms with E-state index in [1.807, 2.05) is 0 Å². The van der Waals surface area contributed by atoms with Crippen molar-refractivity contribution in [1.82, 2.24) is 33.7 Å². The number of hydrogen-bond donors (Lipinski definition) is 0. The number of sulfone groups is 1. The summed E-state index contributed by atoms with van der Waals surface area (Å²) in [5, 5.41) is 3.91. The molecule has 5 aromatic heterocycles. The quantitative estimate of drug-likeness (QED) is 0.370. The fourth-order valence-electron chi connectivity index (χ4n) is 3.72. The molecule has 0 N–H and O–H groups in total. The minimum atomic E-state index is -4.63. The summed E-state index contributed by atoms with van der Waals surface area (Å²) in [7, 11) is -2.44. The molecule has 0 spiro atoms. The van der Waals surface area contributed by atoms with Gasteiger partial charge in [0, 0.05) is 31.7 Å². The third kappa shape index (κ3) is 3.56. The van der Waals surface area contributed by atoms with E-state index >= 15 is 0 Å². The molecule has 180 valence electrons. The molecule has 0 atom stereocenters. The van der Waals surface area contributed by atoms with Crippen LogP contribution < -0.4 is 5.56 Å². The lowest BCUT2D eigenvalue weighted by Gasteiger charge is -2.07. The fourth-order valence-corrected chi connectivity index (χ4v) is 4.69. The zero-order valence-electron chi connectivity index (χ0n) is 18.2. The maximum absolute atomic E-state index is 13.2. The summed E-state index contributed by atoms with van der Waals surface area (Å²) in [6.07, 6.45) is -1.07. The van der Waals surface area contributed by atoms with Crippen molar-refractivity contribution in [1.29, 1.82) is 0 Å². The standard InChI is InChI=1S/C21H16F3N7O3S/c1-3-35(33,34)20-16(19-27-13-10-12(21(22,23)24)11-26-17(13)29(19)2)18-25-8-7-14(31(18)28-20)30-9-5-4-6-15(30)32/h4-11H,3H2,1-2H3. The van der Waals surface area contributed by atoms with Gasteiger partial charge in [-0.25, -0.2) is 23.4 Å². The number of hydrogen-bond acceptors (Lipinski definition) is 7.